The number of hydrogen-bond acceptors (Lipinski definition) is 2. The number of hydrogen-bond donors (Lipinski definition) is 0. The van der Waals surface area contributed by atoms with Gasteiger partial charge < -0.3 is 4.74 Å². The number of carbonyl (C=O) groups excluding carboxylic acids is 1. The van der Waals surface area contributed by atoms with Gasteiger partial charge in [0, 0.05) is 11.8 Å². The van der Waals surface area contributed by atoms with Crippen LogP contribution in [0.2, 0.25) is 0 Å². The molecule has 0 spiro atoms. The minimum absolute atomic E-state index is 0.0380. The molecule has 0 saturated heterocycles. The van der Waals surface area contributed by atoms with Crippen molar-refractivity contribution in [3.63, 3.8) is 0 Å². The molecule has 1 unspecified atom stereocenters. The first-order valence-electron chi connectivity index (χ1n) is 10.9. The average molecular weight is 355 g/mol. The number of terminal acetylenes is 1. The minimum Gasteiger partial charge on any atom is -0.445 e. The Morgan fingerprint density at radius 3 is 2.69 bits per heavy atom. The van der Waals surface area contributed by atoms with Crippen LogP contribution in [0.15, 0.2) is 12.2 Å². The maximum absolute atomic E-state index is 12.3. The van der Waals surface area contributed by atoms with E-state index >= 15 is 0 Å². The summed E-state index contributed by atoms with van der Waals surface area (Å²) in [4.78, 5) is 12.3. The maximum Gasteiger partial charge on any atom is 0.307 e. The summed E-state index contributed by atoms with van der Waals surface area (Å²) in [6, 6.07) is 0. The topological polar surface area (TPSA) is 26.3 Å². The van der Waals surface area contributed by atoms with E-state index in [1.165, 1.54) is 32.1 Å². The van der Waals surface area contributed by atoms with Gasteiger partial charge in [-0.3, -0.25) is 4.79 Å². The monoisotopic (exact) mass is 354 g/mol. The number of allylic oxidation sites excluding steroid dienone is 2. The number of carbonyl (C=O) groups is 1. The molecule has 0 N–H and O–H groups in total. The first-order chi connectivity index (χ1) is 12.5. The molecule has 0 amide bonds. The van der Waals surface area contributed by atoms with Crippen LogP contribution in [-0.4, -0.2) is 11.6 Å². The molecule has 0 heterocycles. The van der Waals surface area contributed by atoms with Crippen molar-refractivity contribution in [2.75, 3.05) is 0 Å². The van der Waals surface area contributed by atoms with E-state index < -0.39 is 5.60 Å². The molecule has 0 radical (unpaired) electrons. The Kier molecular flexibility index (Phi) is 4.70. The van der Waals surface area contributed by atoms with Crippen LogP contribution in [-0.2, 0) is 9.53 Å². The predicted octanol–water partition coefficient (Wildman–Crippen LogP) is 5.52. The van der Waals surface area contributed by atoms with E-state index in [0.717, 1.165) is 49.4 Å². The first-order valence-corrected chi connectivity index (χ1v) is 10.9. The van der Waals surface area contributed by atoms with E-state index in [9.17, 15) is 4.79 Å². The molecule has 0 aromatic rings. The molecule has 4 aliphatic rings. The fourth-order valence-electron chi connectivity index (χ4n) is 7.30. The predicted molar refractivity (Wildman–Crippen MR) is 104 cm³/mol. The van der Waals surface area contributed by atoms with Crippen molar-refractivity contribution >= 4 is 5.97 Å². The quantitative estimate of drug-likeness (QED) is 0.379. The van der Waals surface area contributed by atoms with E-state index in [-0.39, 0.29) is 11.4 Å². The number of rotatable bonds is 3. The van der Waals surface area contributed by atoms with Gasteiger partial charge in [0.1, 0.15) is 0 Å². The van der Waals surface area contributed by atoms with E-state index in [0.29, 0.717) is 12.3 Å². The second-order valence-electron chi connectivity index (χ2n) is 9.57. The molecule has 0 aromatic carbocycles. The van der Waals surface area contributed by atoms with Crippen LogP contribution in [0.4, 0.5) is 0 Å². The molecule has 142 valence electrons. The molecule has 0 aromatic heterocycles. The first kappa shape index (κ1) is 18.1. The fourth-order valence-corrected chi connectivity index (χ4v) is 7.30. The Hall–Kier alpha value is -1.23. The number of ether oxygens (including phenoxy) is 1. The van der Waals surface area contributed by atoms with Gasteiger partial charge in [0.15, 0.2) is 5.60 Å². The van der Waals surface area contributed by atoms with Crippen LogP contribution < -0.4 is 0 Å². The van der Waals surface area contributed by atoms with Crippen LogP contribution in [0.1, 0.15) is 78.1 Å². The highest BCUT2D eigenvalue weighted by Crippen LogP contribution is 2.65. The van der Waals surface area contributed by atoms with Gasteiger partial charge in [-0.2, -0.15) is 0 Å². The van der Waals surface area contributed by atoms with Gasteiger partial charge in [-0.15, -0.1) is 6.42 Å². The average Bonchev–Trinajstić information content (AvgIpc) is 2.94. The molecule has 4 aliphatic carbocycles. The summed E-state index contributed by atoms with van der Waals surface area (Å²) in [6.07, 6.45) is 21.8. The second kappa shape index (κ2) is 6.74. The lowest BCUT2D eigenvalue weighted by Crippen LogP contribution is -2.54. The molecule has 7 atom stereocenters. The van der Waals surface area contributed by atoms with E-state index in [4.69, 9.17) is 11.2 Å². The second-order valence-corrected chi connectivity index (χ2v) is 9.57. The molecule has 4 rings (SSSR count). The van der Waals surface area contributed by atoms with Crippen molar-refractivity contribution in [2.24, 2.45) is 35.0 Å². The third kappa shape index (κ3) is 2.57. The molecule has 0 aliphatic heterocycles. The van der Waals surface area contributed by atoms with Crippen LogP contribution in [0.3, 0.4) is 0 Å². The van der Waals surface area contributed by atoms with E-state index in [1.807, 2.05) is 6.92 Å². The Morgan fingerprint density at radius 1 is 1.12 bits per heavy atom. The van der Waals surface area contributed by atoms with Crippen LogP contribution in [0.25, 0.3) is 0 Å². The summed E-state index contributed by atoms with van der Waals surface area (Å²) >= 11 is 0. The maximum atomic E-state index is 12.3. The summed E-state index contributed by atoms with van der Waals surface area (Å²) < 4.78 is 6.06. The Morgan fingerprint density at radius 2 is 1.92 bits per heavy atom. The summed E-state index contributed by atoms with van der Waals surface area (Å²) in [5.74, 6) is 6.95. The van der Waals surface area contributed by atoms with Gasteiger partial charge in [0.2, 0.25) is 0 Å². The van der Waals surface area contributed by atoms with Crippen molar-refractivity contribution in [3.05, 3.63) is 12.2 Å². The standard InChI is InChI=1S/C24H34O2/c1-4-8-22(25)26-24(5-2)16-14-21-20-12-11-17-9-6-7-10-18(17)19(20)13-15-23(21,24)3/h2,6-7,17-21H,4,8-16H2,1,3H3/t17?,18-,19+,20+,21-,23-,24-/m0/s1. The van der Waals surface area contributed by atoms with Crippen LogP contribution >= 0.6 is 0 Å². The zero-order chi connectivity index (χ0) is 18.4. The molecular weight excluding hydrogens is 320 g/mol. The van der Waals surface area contributed by atoms with Crippen molar-refractivity contribution in [3.8, 4) is 12.3 Å². The van der Waals surface area contributed by atoms with Crippen LogP contribution in [0.5, 0.6) is 0 Å². The lowest BCUT2D eigenvalue weighted by atomic mass is 9.49. The van der Waals surface area contributed by atoms with Crippen LogP contribution in [0, 0.1) is 47.3 Å². The van der Waals surface area contributed by atoms with Gasteiger partial charge in [0.05, 0.1) is 0 Å². The van der Waals surface area contributed by atoms with E-state index in [2.05, 4.69) is 25.0 Å². The lowest BCUT2D eigenvalue weighted by molar-refractivity contribution is -0.171. The third-order valence-corrected chi connectivity index (χ3v) is 8.63. The molecular formula is C24H34O2. The van der Waals surface area contributed by atoms with Gasteiger partial charge >= 0.3 is 5.97 Å². The summed E-state index contributed by atoms with van der Waals surface area (Å²) in [5, 5.41) is 0. The number of esters is 1. The summed E-state index contributed by atoms with van der Waals surface area (Å²) in [7, 11) is 0. The molecule has 2 nitrogen and oxygen atoms in total. The van der Waals surface area contributed by atoms with Crippen molar-refractivity contribution < 1.29 is 9.53 Å². The lowest BCUT2D eigenvalue weighted by Gasteiger charge is -2.56. The molecule has 2 heteroatoms. The highest BCUT2D eigenvalue weighted by molar-refractivity contribution is 5.70. The smallest absolute Gasteiger partial charge is 0.307 e. The largest absolute Gasteiger partial charge is 0.445 e. The van der Waals surface area contributed by atoms with Crippen molar-refractivity contribution in [1.29, 1.82) is 0 Å². The zero-order valence-electron chi connectivity index (χ0n) is 16.5. The molecule has 26 heavy (non-hydrogen) atoms. The highest BCUT2D eigenvalue weighted by Gasteiger charge is 2.64. The Bertz CT molecular complexity index is 629. The summed E-state index contributed by atoms with van der Waals surface area (Å²) in [6.45, 7) is 4.36. The van der Waals surface area contributed by atoms with Gasteiger partial charge in [-0.25, -0.2) is 0 Å². The van der Waals surface area contributed by atoms with Crippen molar-refractivity contribution in [2.45, 2.75) is 83.7 Å². The fraction of sp³-hybridized carbons (Fsp3) is 0.792. The highest BCUT2D eigenvalue weighted by atomic mass is 16.6. The zero-order valence-corrected chi connectivity index (χ0v) is 16.5. The molecule has 3 saturated carbocycles. The third-order valence-electron chi connectivity index (χ3n) is 8.63. The number of fused-ring (bicyclic) bond motifs is 5. The summed E-state index contributed by atoms with van der Waals surface area (Å²) in [5.41, 5.74) is -0.706. The van der Waals surface area contributed by atoms with Gasteiger partial charge in [0.25, 0.3) is 0 Å². The van der Waals surface area contributed by atoms with Gasteiger partial charge in [-0.1, -0.05) is 31.9 Å². The molecule has 0 bridgehead atoms. The Balaban J connectivity index is 1.59. The van der Waals surface area contributed by atoms with Crippen molar-refractivity contribution in [1.82, 2.24) is 0 Å². The minimum atomic E-state index is -0.668. The normalized spacial score (nSPS) is 46.6. The van der Waals surface area contributed by atoms with E-state index in [1.54, 1.807) is 0 Å². The Labute approximate surface area is 159 Å². The molecule has 3 fully saturated rings. The van der Waals surface area contributed by atoms with Gasteiger partial charge in [-0.05, 0) is 87.4 Å². The SMILES string of the molecule is C#C[C@]1(OC(=O)CCC)CC[C@H]2[C@@H]3CCC4CC=CC[C@@H]4[C@H]3CC[C@@]21C.